The Morgan fingerprint density at radius 1 is 1.16 bits per heavy atom. The van der Waals surface area contributed by atoms with Crippen LogP contribution >= 0.6 is 12.2 Å². The zero-order chi connectivity index (χ0) is 22.4. The summed E-state index contributed by atoms with van der Waals surface area (Å²) in [4.78, 5) is 18.2. The van der Waals surface area contributed by atoms with Gasteiger partial charge in [0.2, 0.25) is 5.91 Å². The second-order valence-corrected chi connectivity index (χ2v) is 9.04. The molecule has 1 aromatic carbocycles. The zero-order valence-corrected chi connectivity index (χ0v) is 19.3. The Hall–Kier alpha value is -3.19. The van der Waals surface area contributed by atoms with Crippen LogP contribution in [0.3, 0.4) is 0 Å². The fraction of sp³-hybridized carbons (Fsp3) is 0.320. The Labute approximate surface area is 193 Å². The van der Waals surface area contributed by atoms with E-state index in [1.807, 2.05) is 42.6 Å². The number of hydrogen-bond donors (Lipinski definition) is 2. The largest absolute Gasteiger partial charge is 0.351 e. The number of thiocarbonyl (C=S) groups is 1. The van der Waals surface area contributed by atoms with Gasteiger partial charge in [-0.2, -0.15) is 0 Å². The number of aromatic nitrogens is 2. The highest BCUT2D eigenvalue weighted by molar-refractivity contribution is 7.80. The zero-order valence-electron chi connectivity index (χ0n) is 18.5. The van der Waals surface area contributed by atoms with Crippen LogP contribution in [0.1, 0.15) is 60.5 Å². The Morgan fingerprint density at radius 2 is 1.91 bits per heavy atom. The quantitative estimate of drug-likeness (QED) is 0.543. The topological polar surface area (TPSA) is 62.2 Å². The molecule has 1 saturated heterocycles. The molecule has 0 unspecified atom stereocenters. The van der Waals surface area contributed by atoms with E-state index in [4.69, 9.17) is 12.2 Å². The molecule has 1 saturated carbocycles. The average Bonchev–Trinajstić information content (AvgIpc) is 3.48. The number of hydrogen-bond acceptors (Lipinski definition) is 3. The molecule has 0 spiro atoms. The van der Waals surface area contributed by atoms with Crippen molar-refractivity contribution >= 4 is 34.6 Å². The lowest BCUT2D eigenvalue weighted by Crippen LogP contribution is -2.29. The Bertz CT molecular complexity index is 1170. The fourth-order valence-corrected chi connectivity index (χ4v) is 5.20. The lowest BCUT2D eigenvalue weighted by atomic mass is 9.96. The molecule has 5 rings (SSSR count). The molecule has 2 N–H and O–H groups in total. The number of nitrogens with one attached hydrogen (secondary N) is 2. The van der Waals surface area contributed by atoms with Crippen LogP contribution in [0, 0.1) is 13.8 Å². The number of rotatable bonds is 5. The van der Waals surface area contributed by atoms with Crippen molar-refractivity contribution in [2.24, 2.45) is 0 Å². The van der Waals surface area contributed by atoms with Crippen molar-refractivity contribution in [1.82, 2.24) is 14.9 Å². The van der Waals surface area contributed by atoms with E-state index in [1.54, 1.807) is 0 Å². The van der Waals surface area contributed by atoms with Gasteiger partial charge in [0.1, 0.15) is 0 Å². The smallest absolute Gasteiger partial charge is 0.221 e. The summed E-state index contributed by atoms with van der Waals surface area (Å²) in [5, 5.41) is 7.04. The maximum absolute atomic E-state index is 11.4. The van der Waals surface area contributed by atoms with Crippen LogP contribution in [-0.4, -0.2) is 20.6 Å². The molecule has 0 radical (unpaired) electrons. The van der Waals surface area contributed by atoms with E-state index in [1.165, 1.54) is 36.7 Å². The number of benzene rings is 1. The van der Waals surface area contributed by atoms with Gasteiger partial charge in [0.05, 0.1) is 17.8 Å². The number of amides is 1. The number of aryl methyl sites for hydroxylation is 1. The first-order valence-corrected chi connectivity index (χ1v) is 11.4. The molecule has 3 heterocycles. The van der Waals surface area contributed by atoms with Crippen LogP contribution in [0.5, 0.6) is 0 Å². The summed E-state index contributed by atoms with van der Waals surface area (Å²) in [5.41, 5.74) is 6.57. The van der Waals surface area contributed by atoms with Crippen molar-refractivity contribution in [1.29, 1.82) is 0 Å². The molecule has 1 aliphatic heterocycles. The summed E-state index contributed by atoms with van der Waals surface area (Å²) in [7, 11) is 0. The summed E-state index contributed by atoms with van der Waals surface area (Å²) in [6, 6.07) is 16.7. The van der Waals surface area contributed by atoms with Crippen molar-refractivity contribution < 1.29 is 4.79 Å². The van der Waals surface area contributed by atoms with E-state index in [2.05, 4.69) is 51.1 Å². The van der Waals surface area contributed by atoms with Gasteiger partial charge in [0.15, 0.2) is 5.11 Å². The van der Waals surface area contributed by atoms with Gasteiger partial charge >= 0.3 is 0 Å². The van der Waals surface area contributed by atoms with E-state index < -0.39 is 0 Å². The van der Waals surface area contributed by atoms with Crippen molar-refractivity contribution in [3.8, 4) is 0 Å². The molecule has 2 atom stereocenters. The second kappa shape index (κ2) is 8.06. The first-order valence-electron chi connectivity index (χ1n) is 11.0. The van der Waals surface area contributed by atoms with Crippen molar-refractivity contribution in [3.05, 3.63) is 77.4 Å². The predicted octanol–water partition coefficient (Wildman–Crippen LogP) is 4.97. The number of pyridine rings is 1. The van der Waals surface area contributed by atoms with Crippen molar-refractivity contribution in [2.75, 3.05) is 10.2 Å². The molecule has 32 heavy (non-hydrogen) atoms. The summed E-state index contributed by atoms with van der Waals surface area (Å²) < 4.78 is 2.48. The normalized spacial score (nSPS) is 20.3. The maximum atomic E-state index is 11.4. The summed E-state index contributed by atoms with van der Waals surface area (Å²) in [6.07, 6.45) is 4.32. The van der Waals surface area contributed by atoms with Crippen LogP contribution in [0.25, 0.3) is 0 Å². The lowest BCUT2D eigenvalue weighted by Gasteiger charge is -2.28. The van der Waals surface area contributed by atoms with E-state index in [0.29, 0.717) is 11.2 Å². The average molecular weight is 446 g/mol. The minimum Gasteiger partial charge on any atom is -0.351 e. The number of carbonyl (C=O) groups is 1. The number of nitrogens with zero attached hydrogens (tertiary/aromatic N) is 3. The number of carbonyl (C=O) groups excluding carboxylic acids is 1. The molecule has 6 nitrogen and oxygen atoms in total. The highest BCUT2D eigenvalue weighted by atomic mass is 32.1. The standard InChI is InChI=1S/C25H27N5OS/c1-15-14-21(16(2)29(15)19-11-12-19)24-23(22-6-4-5-13-26-22)28-25(32)30(24)20-9-7-18(8-10-20)27-17(3)31/h4-10,13-14,19,23-24H,11-12H2,1-3H3,(H,27,31)(H,28,32)/t23-,24+/m0/s1. The third kappa shape index (κ3) is 3.66. The molecular formula is C25H27N5OS. The highest BCUT2D eigenvalue weighted by Crippen LogP contribution is 2.46. The Kier molecular flexibility index (Phi) is 5.21. The second-order valence-electron chi connectivity index (χ2n) is 8.65. The Morgan fingerprint density at radius 3 is 2.53 bits per heavy atom. The molecule has 2 aromatic heterocycles. The minimum atomic E-state index is -0.0864. The molecule has 0 bridgehead atoms. The molecule has 1 aliphatic carbocycles. The van der Waals surface area contributed by atoms with Gasteiger partial charge in [-0.05, 0) is 86.9 Å². The molecule has 164 valence electrons. The van der Waals surface area contributed by atoms with Crippen molar-refractivity contribution in [3.63, 3.8) is 0 Å². The van der Waals surface area contributed by atoms with E-state index in [-0.39, 0.29) is 18.0 Å². The van der Waals surface area contributed by atoms with Gasteiger partial charge in [-0.25, -0.2) is 0 Å². The number of anilines is 2. The van der Waals surface area contributed by atoms with Gasteiger partial charge < -0.3 is 20.1 Å². The van der Waals surface area contributed by atoms with Crippen LogP contribution < -0.4 is 15.5 Å². The Balaban J connectivity index is 1.59. The van der Waals surface area contributed by atoms with Gasteiger partial charge in [-0.1, -0.05) is 6.07 Å². The molecule has 1 amide bonds. The predicted molar refractivity (Wildman–Crippen MR) is 131 cm³/mol. The lowest BCUT2D eigenvalue weighted by molar-refractivity contribution is -0.114. The van der Waals surface area contributed by atoms with Gasteiger partial charge in [-0.15, -0.1) is 0 Å². The third-order valence-electron chi connectivity index (χ3n) is 6.32. The molecule has 7 heteroatoms. The monoisotopic (exact) mass is 445 g/mol. The fourth-order valence-electron chi connectivity index (χ4n) is 4.85. The van der Waals surface area contributed by atoms with Gasteiger partial charge in [0.25, 0.3) is 0 Å². The summed E-state index contributed by atoms with van der Waals surface area (Å²) in [5.74, 6) is -0.0864. The summed E-state index contributed by atoms with van der Waals surface area (Å²) in [6.45, 7) is 5.92. The minimum absolute atomic E-state index is 0.0253. The first-order chi connectivity index (χ1) is 15.4. The van der Waals surface area contributed by atoms with E-state index in [0.717, 1.165) is 17.1 Å². The first kappa shape index (κ1) is 20.7. The van der Waals surface area contributed by atoms with Crippen LogP contribution in [0.15, 0.2) is 54.7 Å². The highest BCUT2D eigenvalue weighted by Gasteiger charge is 2.42. The van der Waals surface area contributed by atoms with Gasteiger partial charge in [0, 0.05) is 41.9 Å². The van der Waals surface area contributed by atoms with Crippen LogP contribution in [0.4, 0.5) is 11.4 Å². The molecule has 2 fully saturated rings. The summed E-state index contributed by atoms with van der Waals surface area (Å²) >= 11 is 5.84. The van der Waals surface area contributed by atoms with E-state index in [9.17, 15) is 4.79 Å². The van der Waals surface area contributed by atoms with Crippen LogP contribution in [-0.2, 0) is 4.79 Å². The molecular weight excluding hydrogens is 418 g/mol. The molecule has 3 aromatic rings. The molecule has 2 aliphatic rings. The third-order valence-corrected chi connectivity index (χ3v) is 6.63. The maximum Gasteiger partial charge on any atom is 0.221 e. The van der Waals surface area contributed by atoms with Crippen LogP contribution in [0.2, 0.25) is 0 Å². The van der Waals surface area contributed by atoms with Gasteiger partial charge in [-0.3, -0.25) is 9.78 Å². The SMILES string of the molecule is CC(=O)Nc1ccc(N2C(=S)N[C@@H](c3ccccn3)[C@H]2c2cc(C)n(C3CC3)c2C)cc1. The van der Waals surface area contributed by atoms with Crippen molar-refractivity contribution in [2.45, 2.75) is 51.7 Å². The van der Waals surface area contributed by atoms with E-state index >= 15 is 0 Å².